The van der Waals surface area contributed by atoms with Gasteiger partial charge in [-0.25, -0.2) is 0 Å². The molecule has 1 N–H and O–H groups in total. The lowest BCUT2D eigenvalue weighted by molar-refractivity contribution is -0.155. The molecule has 1 aliphatic carbocycles. The van der Waals surface area contributed by atoms with Crippen LogP contribution in [0.15, 0.2) is 0 Å². The molecule has 2 amide bonds. The Bertz CT molecular complexity index is 378. The van der Waals surface area contributed by atoms with Crippen LogP contribution in [0.4, 0.5) is 0 Å². The van der Waals surface area contributed by atoms with Gasteiger partial charge >= 0.3 is 0 Å². The first-order valence-corrected chi connectivity index (χ1v) is 8.35. The molecule has 0 aromatic rings. The van der Waals surface area contributed by atoms with Crippen molar-refractivity contribution in [2.45, 2.75) is 70.4 Å². The van der Waals surface area contributed by atoms with Gasteiger partial charge in [-0.1, -0.05) is 26.7 Å². The zero-order valence-electron chi connectivity index (χ0n) is 13.3. The van der Waals surface area contributed by atoms with Crippen LogP contribution >= 0.6 is 0 Å². The zero-order valence-corrected chi connectivity index (χ0v) is 13.3. The van der Waals surface area contributed by atoms with Gasteiger partial charge in [0.2, 0.25) is 11.8 Å². The highest BCUT2D eigenvalue weighted by atomic mass is 16.5. The smallest absolute Gasteiger partial charge is 0.249 e. The second-order valence-electron chi connectivity index (χ2n) is 6.17. The monoisotopic (exact) mass is 296 g/mol. The summed E-state index contributed by atoms with van der Waals surface area (Å²) < 4.78 is 5.48. The summed E-state index contributed by atoms with van der Waals surface area (Å²) >= 11 is 0. The van der Waals surface area contributed by atoms with Crippen molar-refractivity contribution in [2.24, 2.45) is 0 Å². The normalized spacial score (nSPS) is 24.7. The summed E-state index contributed by atoms with van der Waals surface area (Å²) in [6, 6.07) is -0.310. The van der Waals surface area contributed by atoms with E-state index in [1.165, 1.54) is 0 Å². The minimum atomic E-state index is -0.604. The number of hydrogen-bond donors (Lipinski definition) is 1. The van der Waals surface area contributed by atoms with E-state index in [-0.39, 0.29) is 17.9 Å². The molecule has 5 nitrogen and oxygen atoms in total. The van der Waals surface area contributed by atoms with Crippen LogP contribution in [0.25, 0.3) is 0 Å². The lowest BCUT2D eigenvalue weighted by Crippen LogP contribution is -2.69. The third-order valence-corrected chi connectivity index (χ3v) is 4.59. The predicted molar refractivity (Wildman–Crippen MR) is 80.9 cm³/mol. The van der Waals surface area contributed by atoms with Crippen molar-refractivity contribution in [2.75, 3.05) is 19.8 Å². The van der Waals surface area contributed by atoms with E-state index in [4.69, 9.17) is 4.74 Å². The van der Waals surface area contributed by atoms with E-state index >= 15 is 0 Å². The van der Waals surface area contributed by atoms with Gasteiger partial charge in [0.05, 0.1) is 0 Å². The molecule has 21 heavy (non-hydrogen) atoms. The molecular weight excluding hydrogens is 268 g/mol. The van der Waals surface area contributed by atoms with Gasteiger partial charge in [0.25, 0.3) is 0 Å². The lowest BCUT2D eigenvalue weighted by Gasteiger charge is -2.44. The molecule has 5 heteroatoms. The fourth-order valence-corrected chi connectivity index (χ4v) is 3.49. The SMILES string of the molecule is CCCOCCCN1C(=O)C2(CCCC2)NC(=O)C1CC. The van der Waals surface area contributed by atoms with Gasteiger partial charge in [-0.3, -0.25) is 9.59 Å². The molecule has 2 fully saturated rings. The van der Waals surface area contributed by atoms with Crippen molar-refractivity contribution in [3.8, 4) is 0 Å². The summed E-state index contributed by atoms with van der Waals surface area (Å²) in [4.78, 5) is 27.0. The van der Waals surface area contributed by atoms with E-state index < -0.39 is 5.54 Å². The van der Waals surface area contributed by atoms with Crippen molar-refractivity contribution in [1.82, 2.24) is 10.2 Å². The van der Waals surface area contributed by atoms with Gasteiger partial charge in [0, 0.05) is 19.8 Å². The van der Waals surface area contributed by atoms with Crippen LogP contribution in [0.2, 0.25) is 0 Å². The van der Waals surface area contributed by atoms with E-state index in [2.05, 4.69) is 12.2 Å². The summed E-state index contributed by atoms with van der Waals surface area (Å²) in [7, 11) is 0. The number of carbonyl (C=O) groups excluding carboxylic acids is 2. The van der Waals surface area contributed by atoms with E-state index in [0.29, 0.717) is 19.6 Å². The van der Waals surface area contributed by atoms with Crippen molar-refractivity contribution in [1.29, 1.82) is 0 Å². The highest BCUT2D eigenvalue weighted by molar-refractivity contribution is 6.00. The summed E-state index contributed by atoms with van der Waals surface area (Å²) in [6.07, 6.45) is 6.10. The van der Waals surface area contributed by atoms with Gasteiger partial charge in [0.15, 0.2) is 0 Å². The Balaban J connectivity index is 1.99. The van der Waals surface area contributed by atoms with Crippen LogP contribution in [0, 0.1) is 0 Å². The second kappa shape index (κ2) is 7.25. The van der Waals surface area contributed by atoms with Crippen molar-refractivity contribution in [3.05, 3.63) is 0 Å². The molecule has 0 radical (unpaired) electrons. The maximum atomic E-state index is 12.9. The number of nitrogens with one attached hydrogen (secondary N) is 1. The van der Waals surface area contributed by atoms with Gasteiger partial charge < -0.3 is 15.0 Å². The van der Waals surface area contributed by atoms with Gasteiger partial charge in [-0.2, -0.15) is 0 Å². The molecule has 1 saturated heterocycles. The molecule has 2 rings (SSSR count). The Morgan fingerprint density at radius 1 is 1.24 bits per heavy atom. The maximum absolute atomic E-state index is 12.9. The van der Waals surface area contributed by atoms with E-state index in [0.717, 1.165) is 45.1 Å². The van der Waals surface area contributed by atoms with Crippen LogP contribution in [-0.4, -0.2) is 48.1 Å². The molecule has 2 aliphatic rings. The summed E-state index contributed by atoms with van der Waals surface area (Å²) in [6.45, 7) is 6.08. The number of piperazine rings is 1. The number of amides is 2. The first-order chi connectivity index (χ1) is 10.1. The minimum absolute atomic E-state index is 0.0217. The quantitative estimate of drug-likeness (QED) is 0.729. The summed E-state index contributed by atoms with van der Waals surface area (Å²) in [5.74, 6) is 0.149. The summed E-state index contributed by atoms with van der Waals surface area (Å²) in [5, 5.41) is 3.02. The molecule has 1 unspecified atom stereocenters. The van der Waals surface area contributed by atoms with Crippen LogP contribution in [-0.2, 0) is 14.3 Å². The van der Waals surface area contributed by atoms with Gasteiger partial charge in [-0.05, 0) is 32.1 Å². The number of nitrogens with zero attached hydrogens (tertiary/aromatic N) is 1. The highest BCUT2D eigenvalue weighted by Gasteiger charge is 2.51. The Kier molecular flexibility index (Phi) is 5.62. The minimum Gasteiger partial charge on any atom is -0.381 e. The Labute approximate surface area is 127 Å². The topological polar surface area (TPSA) is 58.6 Å². The average molecular weight is 296 g/mol. The predicted octanol–water partition coefficient (Wildman–Crippen LogP) is 1.85. The molecule has 1 atom stereocenters. The molecule has 1 heterocycles. The fraction of sp³-hybridized carbons (Fsp3) is 0.875. The largest absolute Gasteiger partial charge is 0.381 e. The first-order valence-electron chi connectivity index (χ1n) is 8.35. The molecule has 1 spiro atoms. The number of hydrogen-bond acceptors (Lipinski definition) is 3. The zero-order chi connectivity index (χ0) is 15.3. The Hall–Kier alpha value is -1.10. The Morgan fingerprint density at radius 3 is 2.57 bits per heavy atom. The van der Waals surface area contributed by atoms with Crippen molar-refractivity contribution < 1.29 is 14.3 Å². The standard InChI is InChI=1S/C16H28N2O3/c1-3-11-21-12-7-10-18-13(4-2)14(19)17-16(15(18)20)8-5-6-9-16/h13H,3-12H2,1-2H3,(H,17,19). The van der Waals surface area contributed by atoms with Gasteiger partial charge in [0.1, 0.15) is 11.6 Å². The van der Waals surface area contributed by atoms with Crippen LogP contribution in [0.1, 0.15) is 58.8 Å². The molecule has 0 aromatic heterocycles. The van der Waals surface area contributed by atoms with Crippen LogP contribution in [0.3, 0.4) is 0 Å². The van der Waals surface area contributed by atoms with Crippen molar-refractivity contribution >= 4 is 11.8 Å². The maximum Gasteiger partial charge on any atom is 0.249 e. The number of carbonyl (C=O) groups is 2. The Morgan fingerprint density at radius 2 is 1.95 bits per heavy atom. The van der Waals surface area contributed by atoms with Gasteiger partial charge in [-0.15, -0.1) is 0 Å². The molecule has 120 valence electrons. The van der Waals surface area contributed by atoms with Crippen LogP contribution < -0.4 is 5.32 Å². The molecule has 1 aliphatic heterocycles. The lowest BCUT2D eigenvalue weighted by atomic mass is 9.90. The third-order valence-electron chi connectivity index (χ3n) is 4.59. The van der Waals surface area contributed by atoms with E-state index in [9.17, 15) is 9.59 Å². The fourth-order valence-electron chi connectivity index (χ4n) is 3.49. The average Bonchev–Trinajstić information content (AvgIpc) is 2.93. The first kappa shape index (κ1) is 16.3. The molecule has 0 bridgehead atoms. The molecule has 0 aromatic carbocycles. The highest BCUT2D eigenvalue weighted by Crippen LogP contribution is 2.35. The number of rotatable bonds is 7. The van der Waals surface area contributed by atoms with E-state index in [1.54, 1.807) is 4.90 Å². The van der Waals surface area contributed by atoms with Crippen molar-refractivity contribution in [3.63, 3.8) is 0 Å². The molecule has 1 saturated carbocycles. The van der Waals surface area contributed by atoms with E-state index in [1.807, 2.05) is 6.92 Å². The third kappa shape index (κ3) is 3.39. The number of ether oxygens (including phenoxy) is 1. The second-order valence-corrected chi connectivity index (χ2v) is 6.17. The summed E-state index contributed by atoms with van der Waals surface area (Å²) in [5.41, 5.74) is -0.604. The molecular formula is C16H28N2O3. The van der Waals surface area contributed by atoms with Crippen LogP contribution in [0.5, 0.6) is 0 Å².